The summed E-state index contributed by atoms with van der Waals surface area (Å²) in [4.78, 5) is 12.2. The van der Waals surface area contributed by atoms with E-state index in [0.717, 1.165) is 12.8 Å². The van der Waals surface area contributed by atoms with Crippen LogP contribution in [0.3, 0.4) is 0 Å². The highest BCUT2D eigenvalue weighted by atomic mass is 16.4. The van der Waals surface area contributed by atoms with E-state index in [1.807, 2.05) is 0 Å². The van der Waals surface area contributed by atoms with Gasteiger partial charge >= 0.3 is 5.97 Å². The van der Waals surface area contributed by atoms with Crippen LogP contribution in [0.5, 0.6) is 0 Å². The fraction of sp³-hybridized carbons (Fsp3) is 0.750. The summed E-state index contributed by atoms with van der Waals surface area (Å²) in [7, 11) is 0. The fourth-order valence-electron chi connectivity index (χ4n) is 1.68. The zero-order chi connectivity index (χ0) is 10.6. The molecule has 0 unspecified atom stereocenters. The molecular formula is C8H15N3O3. The quantitative estimate of drug-likeness (QED) is 0.250. The van der Waals surface area contributed by atoms with Gasteiger partial charge in [0.05, 0.1) is 0 Å². The Morgan fingerprint density at radius 2 is 2.07 bits per heavy atom. The van der Waals surface area contributed by atoms with E-state index in [4.69, 9.17) is 16.0 Å². The van der Waals surface area contributed by atoms with Crippen LogP contribution in [-0.4, -0.2) is 40.2 Å². The summed E-state index contributed by atoms with van der Waals surface area (Å²) < 4.78 is 0. The van der Waals surface area contributed by atoms with Crippen molar-refractivity contribution in [2.24, 2.45) is 16.8 Å². The Bertz CT molecular complexity index is 234. The zero-order valence-electron chi connectivity index (χ0n) is 7.89. The summed E-state index contributed by atoms with van der Waals surface area (Å²) in [6.45, 7) is 1.32. The fourth-order valence-corrected chi connectivity index (χ4v) is 1.68. The third-order valence-corrected chi connectivity index (χ3v) is 2.50. The van der Waals surface area contributed by atoms with Gasteiger partial charge in [0.15, 0.2) is 0 Å². The van der Waals surface area contributed by atoms with Crippen LogP contribution >= 0.6 is 0 Å². The Kier molecular flexibility index (Phi) is 3.55. The van der Waals surface area contributed by atoms with Gasteiger partial charge in [0.1, 0.15) is 0 Å². The van der Waals surface area contributed by atoms with E-state index in [-0.39, 0.29) is 18.3 Å². The van der Waals surface area contributed by atoms with Crippen LogP contribution in [-0.2, 0) is 4.79 Å². The minimum Gasteiger partial charge on any atom is -0.481 e. The molecule has 0 aliphatic carbocycles. The Morgan fingerprint density at radius 1 is 1.50 bits per heavy atom. The molecule has 0 bridgehead atoms. The largest absolute Gasteiger partial charge is 0.481 e. The van der Waals surface area contributed by atoms with Crippen LogP contribution in [0.1, 0.15) is 19.3 Å². The van der Waals surface area contributed by atoms with Gasteiger partial charge in [-0.05, 0) is 18.8 Å². The monoisotopic (exact) mass is 201 g/mol. The molecule has 1 aliphatic rings. The predicted molar refractivity (Wildman–Crippen MR) is 50.0 cm³/mol. The van der Waals surface area contributed by atoms with E-state index in [9.17, 15) is 4.79 Å². The van der Waals surface area contributed by atoms with Crippen LogP contribution in [0.4, 0.5) is 0 Å². The summed E-state index contributed by atoms with van der Waals surface area (Å²) in [5.74, 6) is -0.429. The van der Waals surface area contributed by atoms with Crippen LogP contribution < -0.4 is 5.73 Å². The number of piperidine rings is 1. The Balaban J connectivity index is 2.35. The standard InChI is InChI=1S/C8H15N3O3/c9-8(10-14)11-3-1-6(2-4-11)5-7(12)13/h6,14H,1-5H2,(H2,9,10)(H,12,13). The number of carbonyl (C=O) groups is 1. The molecule has 6 heteroatoms. The van der Waals surface area contributed by atoms with Crippen molar-refractivity contribution in [1.82, 2.24) is 4.90 Å². The molecule has 0 atom stereocenters. The second-order valence-electron chi connectivity index (χ2n) is 3.49. The predicted octanol–water partition coefficient (Wildman–Crippen LogP) is -0.123. The maximum atomic E-state index is 10.4. The molecule has 6 nitrogen and oxygen atoms in total. The first-order valence-electron chi connectivity index (χ1n) is 4.57. The highest BCUT2D eigenvalue weighted by molar-refractivity contribution is 5.77. The number of rotatable bonds is 2. The Labute approximate surface area is 82.0 Å². The van der Waals surface area contributed by atoms with Gasteiger partial charge in [-0.25, -0.2) is 0 Å². The summed E-state index contributed by atoms with van der Waals surface area (Å²) in [6, 6.07) is 0. The molecule has 80 valence electrons. The number of aliphatic carboxylic acids is 1. The normalized spacial score (nSPS) is 19.7. The van der Waals surface area contributed by atoms with E-state index >= 15 is 0 Å². The summed E-state index contributed by atoms with van der Waals surface area (Å²) in [5, 5.41) is 19.9. The Morgan fingerprint density at radius 3 is 2.50 bits per heavy atom. The Hall–Kier alpha value is -1.46. The highest BCUT2D eigenvalue weighted by Crippen LogP contribution is 2.19. The van der Waals surface area contributed by atoms with Gasteiger partial charge in [0, 0.05) is 19.5 Å². The van der Waals surface area contributed by atoms with Gasteiger partial charge in [-0.1, -0.05) is 5.16 Å². The summed E-state index contributed by atoms with van der Waals surface area (Å²) in [6.07, 6.45) is 1.77. The van der Waals surface area contributed by atoms with Crippen molar-refractivity contribution in [1.29, 1.82) is 0 Å². The van der Waals surface area contributed by atoms with E-state index in [1.54, 1.807) is 4.90 Å². The van der Waals surface area contributed by atoms with E-state index in [1.165, 1.54) is 0 Å². The molecule has 1 heterocycles. The molecule has 1 rings (SSSR count). The summed E-state index contributed by atoms with van der Waals surface area (Å²) >= 11 is 0. The van der Waals surface area contributed by atoms with Crippen molar-refractivity contribution in [2.75, 3.05) is 13.1 Å². The van der Waals surface area contributed by atoms with Gasteiger partial charge < -0.3 is 20.9 Å². The number of guanidine groups is 1. The molecule has 0 aromatic heterocycles. The molecule has 0 spiro atoms. The lowest BCUT2D eigenvalue weighted by atomic mass is 9.94. The minimum atomic E-state index is -0.757. The molecule has 0 amide bonds. The van der Waals surface area contributed by atoms with Gasteiger partial charge in [0.2, 0.25) is 5.96 Å². The summed E-state index contributed by atoms with van der Waals surface area (Å²) in [5.41, 5.74) is 5.40. The van der Waals surface area contributed by atoms with Crippen molar-refractivity contribution in [2.45, 2.75) is 19.3 Å². The third-order valence-electron chi connectivity index (χ3n) is 2.50. The molecule has 0 aromatic carbocycles. The first-order chi connectivity index (χ1) is 6.63. The SMILES string of the molecule is N/C(=N\O)N1CCC(CC(=O)O)CC1. The van der Waals surface area contributed by atoms with Crippen molar-refractivity contribution >= 4 is 11.9 Å². The van der Waals surface area contributed by atoms with Crippen molar-refractivity contribution < 1.29 is 15.1 Å². The molecule has 14 heavy (non-hydrogen) atoms. The van der Waals surface area contributed by atoms with Crippen LogP contribution in [0.2, 0.25) is 0 Å². The number of likely N-dealkylation sites (tertiary alicyclic amines) is 1. The van der Waals surface area contributed by atoms with Gasteiger partial charge in [-0.3, -0.25) is 4.79 Å². The van der Waals surface area contributed by atoms with E-state index < -0.39 is 5.97 Å². The molecule has 0 aromatic rings. The van der Waals surface area contributed by atoms with Crippen molar-refractivity contribution in [3.05, 3.63) is 0 Å². The average Bonchev–Trinajstić information content (AvgIpc) is 2.17. The number of nitrogens with zero attached hydrogens (tertiary/aromatic N) is 2. The lowest BCUT2D eigenvalue weighted by Gasteiger charge is -2.31. The molecule has 4 N–H and O–H groups in total. The first-order valence-corrected chi connectivity index (χ1v) is 4.57. The van der Waals surface area contributed by atoms with Crippen LogP contribution in [0.25, 0.3) is 0 Å². The lowest BCUT2D eigenvalue weighted by molar-refractivity contribution is -0.138. The zero-order valence-corrected chi connectivity index (χ0v) is 7.89. The number of carboxylic acid groups (broad SMARTS) is 1. The van der Waals surface area contributed by atoms with Gasteiger partial charge in [-0.2, -0.15) is 0 Å². The van der Waals surface area contributed by atoms with E-state index in [0.29, 0.717) is 13.1 Å². The van der Waals surface area contributed by atoms with Crippen LogP contribution in [0.15, 0.2) is 5.16 Å². The topological polar surface area (TPSA) is 99.2 Å². The number of hydrogen-bond acceptors (Lipinski definition) is 3. The van der Waals surface area contributed by atoms with Crippen molar-refractivity contribution in [3.8, 4) is 0 Å². The highest BCUT2D eigenvalue weighted by Gasteiger charge is 2.22. The molecule has 1 saturated heterocycles. The maximum absolute atomic E-state index is 10.4. The third kappa shape index (κ3) is 2.79. The van der Waals surface area contributed by atoms with Crippen molar-refractivity contribution in [3.63, 3.8) is 0 Å². The van der Waals surface area contributed by atoms with Gasteiger partial charge in [0.25, 0.3) is 0 Å². The number of nitrogens with two attached hydrogens (primary N) is 1. The first kappa shape index (κ1) is 10.6. The van der Waals surface area contributed by atoms with Crippen LogP contribution in [0, 0.1) is 5.92 Å². The lowest BCUT2D eigenvalue weighted by Crippen LogP contribution is -2.43. The van der Waals surface area contributed by atoms with E-state index in [2.05, 4.69) is 5.16 Å². The number of oxime groups is 1. The molecule has 0 radical (unpaired) electrons. The molecule has 0 saturated carbocycles. The second kappa shape index (κ2) is 4.69. The number of hydrogen-bond donors (Lipinski definition) is 3. The minimum absolute atomic E-state index is 0.110. The smallest absolute Gasteiger partial charge is 0.303 e. The average molecular weight is 201 g/mol. The maximum Gasteiger partial charge on any atom is 0.303 e. The second-order valence-corrected chi connectivity index (χ2v) is 3.49. The molecular weight excluding hydrogens is 186 g/mol. The van der Waals surface area contributed by atoms with Gasteiger partial charge in [-0.15, -0.1) is 0 Å². The molecule has 1 aliphatic heterocycles. The number of carboxylic acids is 1. The molecule has 1 fully saturated rings.